The molecule has 0 bridgehead atoms. The van der Waals surface area contributed by atoms with Crippen LogP contribution in [0.2, 0.25) is 0 Å². The Hall–Kier alpha value is -0.570. The van der Waals surface area contributed by atoms with Crippen molar-refractivity contribution in [3.05, 3.63) is 42.2 Å². The SMILES string of the molecule is CO/C=C(\[O-])c1ccccc1.[In+]. The second-order valence-corrected chi connectivity index (χ2v) is 2.08. The van der Waals surface area contributed by atoms with Gasteiger partial charge in [-0.05, 0) is 5.56 Å². The van der Waals surface area contributed by atoms with Crippen LogP contribution in [-0.4, -0.2) is 33.0 Å². The van der Waals surface area contributed by atoms with E-state index in [1.54, 1.807) is 12.1 Å². The van der Waals surface area contributed by atoms with E-state index in [1.807, 2.05) is 18.2 Å². The maximum absolute atomic E-state index is 11.1. The minimum atomic E-state index is -0.104. The van der Waals surface area contributed by atoms with E-state index in [2.05, 4.69) is 4.74 Å². The molecule has 0 aliphatic heterocycles. The maximum Gasteiger partial charge on any atom is 1.00 e. The summed E-state index contributed by atoms with van der Waals surface area (Å²) in [4.78, 5) is 0. The molecule has 2 radical (unpaired) electrons. The molecular formula is C9H9InO2. The predicted molar refractivity (Wildman–Crippen MR) is 47.2 cm³/mol. The molecule has 3 heteroatoms. The molecule has 0 fully saturated rings. The van der Waals surface area contributed by atoms with Gasteiger partial charge in [0.15, 0.2) is 0 Å². The molecule has 0 aliphatic rings. The number of benzene rings is 1. The summed E-state index contributed by atoms with van der Waals surface area (Å²) in [6.07, 6.45) is 1.19. The van der Waals surface area contributed by atoms with Gasteiger partial charge < -0.3 is 9.84 Å². The Morgan fingerprint density at radius 1 is 1.33 bits per heavy atom. The summed E-state index contributed by atoms with van der Waals surface area (Å²) >= 11 is 0. The third kappa shape index (κ3) is 3.22. The Morgan fingerprint density at radius 3 is 2.42 bits per heavy atom. The van der Waals surface area contributed by atoms with Gasteiger partial charge in [0, 0.05) is 0 Å². The molecule has 60 valence electrons. The number of hydrogen-bond donors (Lipinski definition) is 0. The second-order valence-electron chi connectivity index (χ2n) is 2.08. The number of methoxy groups -OCH3 is 1. The summed E-state index contributed by atoms with van der Waals surface area (Å²) in [5.41, 5.74) is 0.648. The fraction of sp³-hybridized carbons (Fsp3) is 0.111. The van der Waals surface area contributed by atoms with Crippen molar-refractivity contribution in [2.45, 2.75) is 0 Å². The van der Waals surface area contributed by atoms with Crippen LogP contribution in [0.25, 0.3) is 5.76 Å². The molecule has 1 aromatic carbocycles. The average Bonchev–Trinajstić information content (AvgIpc) is 2.07. The van der Waals surface area contributed by atoms with Crippen LogP contribution in [0.5, 0.6) is 0 Å². The van der Waals surface area contributed by atoms with E-state index in [-0.39, 0.29) is 31.6 Å². The first kappa shape index (κ1) is 11.4. The smallest absolute Gasteiger partial charge is 0.870 e. The van der Waals surface area contributed by atoms with Gasteiger partial charge in [-0.25, -0.2) is 0 Å². The molecule has 0 unspecified atom stereocenters. The standard InChI is InChI=1S/C9H10O2.In/c1-11-7-9(10)8-5-3-2-4-6-8;/h2-7,10H,1H3;/q;+1/p-1/b9-7-;. The zero-order chi connectivity index (χ0) is 8.10. The molecule has 0 atom stereocenters. The van der Waals surface area contributed by atoms with Gasteiger partial charge in [0.25, 0.3) is 0 Å². The minimum Gasteiger partial charge on any atom is -0.870 e. The maximum atomic E-state index is 11.1. The molecular weight excluding hydrogens is 255 g/mol. The number of ether oxygens (including phenoxy) is 1. The van der Waals surface area contributed by atoms with Crippen molar-refractivity contribution in [2.75, 3.05) is 7.11 Å². The Bertz CT molecular complexity index is 244. The van der Waals surface area contributed by atoms with E-state index in [1.165, 1.54) is 13.4 Å². The summed E-state index contributed by atoms with van der Waals surface area (Å²) in [5, 5.41) is 11.1. The van der Waals surface area contributed by atoms with Gasteiger partial charge in [-0.1, -0.05) is 36.1 Å². The molecule has 2 nitrogen and oxygen atoms in total. The van der Waals surface area contributed by atoms with Gasteiger partial charge in [0.1, 0.15) is 0 Å². The summed E-state index contributed by atoms with van der Waals surface area (Å²) in [5.74, 6) is -0.104. The fourth-order valence-corrected chi connectivity index (χ4v) is 0.777. The molecule has 0 aliphatic carbocycles. The van der Waals surface area contributed by atoms with Crippen molar-refractivity contribution in [3.63, 3.8) is 0 Å². The van der Waals surface area contributed by atoms with E-state index >= 15 is 0 Å². The van der Waals surface area contributed by atoms with E-state index in [0.717, 1.165) is 0 Å². The minimum absolute atomic E-state index is 0. The van der Waals surface area contributed by atoms with E-state index in [4.69, 9.17) is 0 Å². The molecule has 1 aromatic rings. The normalized spacial score (nSPS) is 10.2. The van der Waals surface area contributed by atoms with Crippen molar-refractivity contribution >= 4 is 31.6 Å². The third-order valence-corrected chi connectivity index (χ3v) is 1.28. The Morgan fingerprint density at radius 2 is 1.92 bits per heavy atom. The van der Waals surface area contributed by atoms with E-state index in [0.29, 0.717) is 5.56 Å². The summed E-state index contributed by atoms with van der Waals surface area (Å²) < 4.78 is 4.58. The van der Waals surface area contributed by atoms with Crippen LogP contribution in [-0.2, 0) is 4.74 Å². The molecule has 1 rings (SSSR count). The zero-order valence-corrected chi connectivity index (χ0v) is 10.2. The molecule has 0 amide bonds. The van der Waals surface area contributed by atoms with E-state index < -0.39 is 0 Å². The first-order chi connectivity index (χ1) is 5.34. The Kier molecular flexibility index (Phi) is 5.72. The molecule has 0 saturated carbocycles. The summed E-state index contributed by atoms with van der Waals surface area (Å²) in [6, 6.07) is 8.99. The second kappa shape index (κ2) is 6.00. The van der Waals surface area contributed by atoms with Crippen LogP contribution in [0.1, 0.15) is 5.56 Å². The topological polar surface area (TPSA) is 32.3 Å². The first-order valence-corrected chi connectivity index (χ1v) is 3.30. The molecule has 0 heterocycles. The molecule has 0 saturated heterocycles. The molecule has 0 aromatic heterocycles. The van der Waals surface area contributed by atoms with Gasteiger partial charge in [-0.15, -0.1) is 0 Å². The first-order valence-electron chi connectivity index (χ1n) is 3.30. The van der Waals surface area contributed by atoms with Crippen LogP contribution in [0, 0.1) is 0 Å². The monoisotopic (exact) mass is 264 g/mol. The van der Waals surface area contributed by atoms with Gasteiger partial charge in [0.2, 0.25) is 0 Å². The van der Waals surface area contributed by atoms with Crippen LogP contribution < -0.4 is 5.11 Å². The zero-order valence-electron chi connectivity index (χ0n) is 6.86. The van der Waals surface area contributed by atoms with Crippen LogP contribution >= 0.6 is 0 Å². The van der Waals surface area contributed by atoms with E-state index in [9.17, 15) is 5.11 Å². The van der Waals surface area contributed by atoms with Crippen LogP contribution in [0.4, 0.5) is 0 Å². The largest absolute Gasteiger partial charge is 1.00 e. The van der Waals surface area contributed by atoms with Crippen molar-refractivity contribution in [1.29, 1.82) is 0 Å². The average molecular weight is 264 g/mol. The van der Waals surface area contributed by atoms with Gasteiger partial charge in [0.05, 0.1) is 13.4 Å². The van der Waals surface area contributed by atoms with Crippen LogP contribution in [0.3, 0.4) is 0 Å². The van der Waals surface area contributed by atoms with Gasteiger partial charge in [-0.2, -0.15) is 0 Å². The van der Waals surface area contributed by atoms with Crippen molar-refractivity contribution < 1.29 is 9.84 Å². The summed E-state index contributed by atoms with van der Waals surface area (Å²) in [7, 11) is 1.46. The quantitative estimate of drug-likeness (QED) is 0.733. The molecule has 0 spiro atoms. The van der Waals surface area contributed by atoms with Crippen molar-refractivity contribution in [1.82, 2.24) is 0 Å². The predicted octanol–water partition coefficient (Wildman–Crippen LogP) is 0.611. The molecule has 0 N–H and O–H groups in total. The fourth-order valence-electron chi connectivity index (χ4n) is 0.777. The molecule has 12 heavy (non-hydrogen) atoms. The third-order valence-electron chi connectivity index (χ3n) is 1.28. The Balaban J connectivity index is 0.00000121. The Labute approximate surface area is 90.7 Å². The van der Waals surface area contributed by atoms with Crippen LogP contribution in [0.15, 0.2) is 36.6 Å². The van der Waals surface area contributed by atoms with Crippen molar-refractivity contribution in [3.8, 4) is 0 Å². The number of hydrogen-bond acceptors (Lipinski definition) is 2. The van der Waals surface area contributed by atoms with Gasteiger partial charge >= 0.3 is 25.8 Å². The summed E-state index contributed by atoms with van der Waals surface area (Å²) in [6.45, 7) is 0. The number of rotatable bonds is 2. The van der Waals surface area contributed by atoms with Crippen molar-refractivity contribution in [2.24, 2.45) is 0 Å². The van der Waals surface area contributed by atoms with Gasteiger partial charge in [-0.3, -0.25) is 0 Å².